The van der Waals surface area contributed by atoms with Crippen LogP contribution in [0.25, 0.3) is 0 Å². The fourth-order valence-electron chi connectivity index (χ4n) is 3.29. The van der Waals surface area contributed by atoms with Crippen LogP contribution in [-0.2, 0) is 11.2 Å². The third-order valence-corrected chi connectivity index (χ3v) is 5.33. The van der Waals surface area contributed by atoms with Gasteiger partial charge in [-0.25, -0.2) is 0 Å². The van der Waals surface area contributed by atoms with Gasteiger partial charge in [-0.3, -0.25) is 4.79 Å². The molecule has 0 aliphatic carbocycles. The second-order valence-corrected chi connectivity index (χ2v) is 8.62. The lowest BCUT2D eigenvalue weighted by atomic mass is 9.92. The van der Waals surface area contributed by atoms with Crippen molar-refractivity contribution in [3.05, 3.63) is 52.2 Å². The van der Waals surface area contributed by atoms with Gasteiger partial charge in [0, 0.05) is 30.1 Å². The second-order valence-electron chi connectivity index (χ2n) is 7.64. The molecule has 0 spiro atoms. The molecule has 0 fully saturated rings. The lowest BCUT2D eigenvalue weighted by Gasteiger charge is -2.30. The molecule has 0 bridgehead atoms. The number of thiophene rings is 1. The van der Waals surface area contributed by atoms with Gasteiger partial charge in [0.1, 0.15) is 0 Å². The van der Waals surface area contributed by atoms with Crippen molar-refractivity contribution in [2.75, 3.05) is 18.0 Å². The van der Waals surface area contributed by atoms with E-state index >= 15 is 0 Å². The number of carbonyl (C=O) groups excluding carboxylic acids is 1. The zero-order valence-corrected chi connectivity index (χ0v) is 15.5. The van der Waals surface area contributed by atoms with Crippen molar-refractivity contribution in [2.45, 2.75) is 39.7 Å². The first-order valence-corrected chi connectivity index (χ1v) is 9.47. The molecule has 0 saturated heterocycles. The zero-order chi connectivity index (χ0) is 17.2. The van der Waals surface area contributed by atoms with Gasteiger partial charge >= 0.3 is 0 Å². The van der Waals surface area contributed by atoms with E-state index in [-0.39, 0.29) is 17.4 Å². The van der Waals surface area contributed by atoms with Gasteiger partial charge in [-0.1, -0.05) is 45.0 Å². The summed E-state index contributed by atoms with van der Waals surface area (Å²) in [6.45, 7) is 7.96. The summed E-state index contributed by atoms with van der Waals surface area (Å²) in [7, 11) is 0. The Balaban J connectivity index is 1.75. The van der Waals surface area contributed by atoms with Crippen LogP contribution in [0.5, 0.6) is 0 Å². The van der Waals surface area contributed by atoms with Crippen molar-refractivity contribution < 1.29 is 4.79 Å². The zero-order valence-electron chi connectivity index (χ0n) is 14.7. The topological polar surface area (TPSA) is 32.3 Å². The van der Waals surface area contributed by atoms with Crippen LogP contribution < -0.4 is 10.2 Å². The first-order chi connectivity index (χ1) is 11.4. The van der Waals surface area contributed by atoms with Crippen molar-refractivity contribution in [1.29, 1.82) is 0 Å². The molecular formula is C20H26N2OS. The molecule has 24 heavy (non-hydrogen) atoms. The Morgan fingerprint density at radius 1 is 1.25 bits per heavy atom. The Bertz CT molecular complexity index is 688. The quantitative estimate of drug-likeness (QED) is 0.873. The summed E-state index contributed by atoms with van der Waals surface area (Å²) in [5, 5.41) is 5.27. The smallest absolute Gasteiger partial charge is 0.220 e. The van der Waals surface area contributed by atoms with Gasteiger partial charge in [-0.2, -0.15) is 0 Å². The molecule has 1 aromatic heterocycles. The molecule has 1 unspecified atom stereocenters. The van der Waals surface area contributed by atoms with Crippen LogP contribution in [0.2, 0.25) is 0 Å². The summed E-state index contributed by atoms with van der Waals surface area (Å²) in [6.07, 6.45) is 1.63. The minimum absolute atomic E-state index is 0.0166. The Hall–Kier alpha value is -1.81. The molecule has 1 atom stereocenters. The monoisotopic (exact) mass is 342 g/mol. The Kier molecular flexibility index (Phi) is 4.95. The number of para-hydroxylation sites is 1. The fraction of sp³-hybridized carbons (Fsp3) is 0.450. The van der Waals surface area contributed by atoms with Gasteiger partial charge in [0.25, 0.3) is 0 Å². The fourth-order valence-corrected chi connectivity index (χ4v) is 4.13. The standard InChI is InChI=1S/C20H26N2OS/c1-20(2,3)13-19(23)21-14-17(18-9-6-12-24-18)22-11-10-15-7-4-5-8-16(15)22/h4-9,12,17H,10-11,13-14H2,1-3H3,(H,21,23). The van der Waals surface area contributed by atoms with Crippen LogP contribution in [0.3, 0.4) is 0 Å². The molecule has 1 aromatic carbocycles. The Morgan fingerprint density at radius 2 is 2.04 bits per heavy atom. The summed E-state index contributed by atoms with van der Waals surface area (Å²) in [4.78, 5) is 16.0. The lowest BCUT2D eigenvalue weighted by Crippen LogP contribution is -2.38. The van der Waals surface area contributed by atoms with Crippen LogP contribution >= 0.6 is 11.3 Å². The van der Waals surface area contributed by atoms with Gasteiger partial charge in [-0.05, 0) is 34.9 Å². The number of hydrogen-bond acceptors (Lipinski definition) is 3. The van der Waals surface area contributed by atoms with Crippen LogP contribution in [0.4, 0.5) is 5.69 Å². The van der Waals surface area contributed by atoms with E-state index in [1.165, 1.54) is 16.1 Å². The first kappa shape index (κ1) is 17.0. The van der Waals surface area contributed by atoms with E-state index in [1.807, 2.05) is 0 Å². The number of fused-ring (bicyclic) bond motifs is 1. The number of hydrogen-bond donors (Lipinski definition) is 1. The van der Waals surface area contributed by atoms with Gasteiger partial charge < -0.3 is 10.2 Å². The average molecular weight is 343 g/mol. The van der Waals surface area contributed by atoms with E-state index < -0.39 is 0 Å². The van der Waals surface area contributed by atoms with E-state index in [0.717, 1.165) is 13.0 Å². The number of amides is 1. The molecular weight excluding hydrogens is 316 g/mol. The Morgan fingerprint density at radius 3 is 2.75 bits per heavy atom. The van der Waals surface area contributed by atoms with Crippen molar-refractivity contribution >= 4 is 22.9 Å². The highest BCUT2D eigenvalue weighted by Gasteiger charge is 2.28. The molecule has 2 aromatic rings. The number of anilines is 1. The number of carbonyl (C=O) groups is 1. The van der Waals surface area contributed by atoms with Gasteiger partial charge in [0.2, 0.25) is 5.91 Å². The van der Waals surface area contributed by atoms with E-state index in [0.29, 0.717) is 13.0 Å². The molecule has 4 heteroatoms. The summed E-state index contributed by atoms with van der Waals surface area (Å²) in [5.41, 5.74) is 2.73. The molecule has 2 heterocycles. The largest absolute Gasteiger partial charge is 0.361 e. The van der Waals surface area contributed by atoms with Crippen LogP contribution in [0.15, 0.2) is 41.8 Å². The summed E-state index contributed by atoms with van der Waals surface area (Å²) in [6, 6.07) is 13.1. The second kappa shape index (κ2) is 6.98. The van der Waals surface area contributed by atoms with Crippen molar-refractivity contribution in [3.8, 4) is 0 Å². The van der Waals surface area contributed by atoms with E-state index in [2.05, 4.69) is 72.8 Å². The van der Waals surface area contributed by atoms with Crippen molar-refractivity contribution in [3.63, 3.8) is 0 Å². The number of benzene rings is 1. The van der Waals surface area contributed by atoms with Gasteiger partial charge in [-0.15, -0.1) is 11.3 Å². The third kappa shape index (κ3) is 3.99. The molecule has 0 radical (unpaired) electrons. The molecule has 1 aliphatic rings. The molecule has 0 saturated carbocycles. The molecule has 1 amide bonds. The van der Waals surface area contributed by atoms with Crippen LogP contribution in [0.1, 0.15) is 43.7 Å². The van der Waals surface area contributed by atoms with Gasteiger partial charge in [0.15, 0.2) is 0 Å². The van der Waals surface area contributed by atoms with E-state index in [4.69, 9.17) is 0 Å². The maximum atomic E-state index is 12.3. The summed E-state index contributed by atoms with van der Waals surface area (Å²) >= 11 is 1.76. The molecule has 3 nitrogen and oxygen atoms in total. The van der Waals surface area contributed by atoms with Crippen molar-refractivity contribution in [2.24, 2.45) is 5.41 Å². The maximum Gasteiger partial charge on any atom is 0.220 e. The highest BCUT2D eigenvalue weighted by molar-refractivity contribution is 7.10. The molecule has 128 valence electrons. The van der Waals surface area contributed by atoms with Crippen LogP contribution in [-0.4, -0.2) is 19.0 Å². The summed E-state index contributed by atoms with van der Waals surface area (Å²) in [5.74, 6) is 0.136. The summed E-state index contributed by atoms with van der Waals surface area (Å²) < 4.78 is 0. The van der Waals surface area contributed by atoms with Crippen LogP contribution in [0, 0.1) is 5.41 Å². The predicted molar refractivity (Wildman–Crippen MR) is 102 cm³/mol. The molecule has 3 rings (SSSR count). The highest BCUT2D eigenvalue weighted by Crippen LogP contribution is 2.36. The first-order valence-electron chi connectivity index (χ1n) is 8.59. The SMILES string of the molecule is CC(C)(C)CC(=O)NCC(c1cccs1)N1CCc2ccccc21. The number of rotatable bonds is 5. The Labute approximate surface area is 148 Å². The minimum atomic E-state index is 0.0166. The number of nitrogens with zero attached hydrogens (tertiary/aromatic N) is 1. The highest BCUT2D eigenvalue weighted by atomic mass is 32.1. The number of nitrogens with one attached hydrogen (secondary N) is 1. The maximum absolute atomic E-state index is 12.3. The van der Waals surface area contributed by atoms with Crippen molar-refractivity contribution in [1.82, 2.24) is 5.32 Å². The lowest BCUT2D eigenvalue weighted by molar-refractivity contribution is -0.122. The van der Waals surface area contributed by atoms with E-state index in [9.17, 15) is 4.79 Å². The van der Waals surface area contributed by atoms with E-state index in [1.54, 1.807) is 11.3 Å². The third-order valence-electron chi connectivity index (χ3n) is 4.35. The molecule has 1 N–H and O–H groups in total. The predicted octanol–water partition coefficient (Wildman–Crippen LogP) is 4.40. The average Bonchev–Trinajstić information content (AvgIpc) is 3.16. The van der Waals surface area contributed by atoms with Gasteiger partial charge in [0.05, 0.1) is 6.04 Å². The minimum Gasteiger partial charge on any atom is -0.361 e. The molecule has 1 aliphatic heterocycles. The normalized spacial score (nSPS) is 15.2.